The van der Waals surface area contributed by atoms with Crippen molar-refractivity contribution >= 4 is 12.4 Å². The lowest BCUT2D eigenvalue weighted by Crippen LogP contribution is -2.37. The molecule has 19 heavy (non-hydrogen) atoms. The number of aliphatic hydroxyl groups excluding tert-OH is 1. The van der Waals surface area contributed by atoms with Gasteiger partial charge in [-0.05, 0) is 31.4 Å². The third-order valence-electron chi connectivity index (χ3n) is 3.61. The Morgan fingerprint density at radius 3 is 2.58 bits per heavy atom. The van der Waals surface area contributed by atoms with E-state index in [2.05, 4.69) is 36.9 Å². The van der Waals surface area contributed by atoms with Crippen LogP contribution in [0.3, 0.4) is 0 Å². The summed E-state index contributed by atoms with van der Waals surface area (Å²) in [4.78, 5) is 2.36. The van der Waals surface area contributed by atoms with E-state index in [1.807, 2.05) is 0 Å². The monoisotopic (exact) mass is 285 g/mol. The number of nitrogens with zero attached hydrogens (tertiary/aromatic N) is 1. The predicted molar refractivity (Wildman–Crippen MR) is 80.0 cm³/mol. The standard InChI is InChI=1S/C15H23NO2.ClH/c1-12-3-4-14(13(2)11-12)15(17)5-6-16-7-9-18-10-8-16;/h3-4,11,15,17H,5-10H2,1-2H3;1H. The van der Waals surface area contributed by atoms with Crippen molar-refractivity contribution in [3.63, 3.8) is 0 Å². The highest BCUT2D eigenvalue weighted by atomic mass is 35.5. The van der Waals surface area contributed by atoms with Crippen LogP contribution < -0.4 is 0 Å². The molecule has 4 heteroatoms. The molecule has 0 saturated carbocycles. The Bertz CT molecular complexity index is 392. The van der Waals surface area contributed by atoms with Crippen molar-refractivity contribution in [2.45, 2.75) is 26.4 Å². The largest absolute Gasteiger partial charge is 0.388 e. The lowest BCUT2D eigenvalue weighted by Gasteiger charge is -2.27. The number of ether oxygens (including phenoxy) is 1. The third kappa shape index (κ3) is 4.77. The van der Waals surface area contributed by atoms with Crippen LogP contribution in [0.5, 0.6) is 0 Å². The molecule has 1 saturated heterocycles. The fourth-order valence-corrected chi connectivity index (χ4v) is 2.48. The molecule has 1 aromatic rings. The van der Waals surface area contributed by atoms with E-state index in [1.54, 1.807) is 0 Å². The summed E-state index contributed by atoms with van der Waals surface area (Å²) in [5.74, 6) is 0. The topological polar surface area (TPSA) is 32.7 Å². The average molecular weight is 286 g/mol. The maximum Gasteiger partial charge on any atom is 0.0804 e. The third-order valence-corrected chi connectivity index (χ3v) is 3.61. The van der Waals surface area contributed by atoms with Gasteiger partial charge in [0.2, 0.25) is 0 Å². The molecule has 1 N–H and O–H groups in total. The Morgan fingerprint density at radius 1 is 1.26 bits per heavy atom. The van der Waals surface area contributed by atoms with Gasteiger partial charge in [-0.3, -0.25) is 4.90 Å². The second kappa shape index (κ2) is 7.85. The van der Waals surface area contributed by atoms with Gasteiger partial charge in [0.25, 0.3) is 0 Å². The summed E-state index contributed by atoms with van der Waals surface area (Å²) < 4.78 is 5.32. The zero-order valence-electron chi connectivity index (χ0n) is 11.8. The van der Waals surface area contributed by atoms with Crippen molar-refractivity contribution in [2.75, 3.05) is 32.8 Å². The van der Waals surface area contributed by atoms with E-state index >= 15 is 0 Å². The number of aliphatic hydroxyl groups is 1. The number of rotatable bonds is 4. The van der Waals surface area contributed by atoms with Gasteiger partial charge in [-0.2, -0.15) is 0 Å². The minimum atomic E-state index is -0.353. The number of halogens is 1. The first-order valence-corrected chi connectivity index (χ1v) is 6.72. The first-order chi connectivity index (χ1) is 8.66. The molecule has 1 unspecified atom stereocenters. The number of hydrogen-bond donors (Lipinski definition) is 1. The van der Waals surface area contributed by atoms with Crippen LogP contribution in [0.1, 0.15) is 29.2 Å². The molecule has 108 valence electrons. The van der Waals surface area contributed by atoms with E-state index in [9.17, 15) is 5.11 Å². The lowest BCUT2D eigenvalue weighted by atomic mass is 9.99. The Labute approximate surface area is 122 Å². The fraction of sp³-hybridized carbons (Fsp3) is 0.600. The smallest absolute Gasteiger partial charge is 0.0804 e. The van der Waals surface area contributed by atoms with Gasteiger partial charge < -0.3 is 9.84 Å². The predicted octanol–water partition coefficient (Wildman–Crippen LogP) is 2.48. The molecule has 1 aliphatic heterocycles. The van der Waals surface area contributed by atoms with Crippen molar-refractivity contribution < 1.29 is 9.84 Å². The molecule has 1 aliphatic rings. The summed E-state index contributed by atoms with van der Waals surface area (Å²) in [5.41, 5.74) is 3.50. The molecule has 0 aromatic heterocycles. The molecule has 1 fully saturated rings. The first-order valence-electron chi connectivity index (χ1n) is 6.72. The highest BCUT2D eigenvalue weighted by Gasteiger charge is 2.14. The van der Waals surface area contributed by atoms with Gasteiger partial charge in [0, 0.05) is 19.6 Å². The Hall–Kier alpha value is -0.610. The number of benzene rings is 1. The second-order valence-electron chi connectivity index (χ2n) is 5.12. The van der Waals surface area contributed by atoms with Crippen molar-refractivity contribution in [3.05, 3.63) is 34.9 Å². The van der Waals surface area contributed by atoms with E-state index in [1.165, 1.54) is 11.1 Å². The molecular formula is C15H24ClNO2. The first kappa shape index (κ1) is 16.4. The minimum absolute atomic E-state index is 0. The van der Waals surface area contributed by atoms with E-state index in [0.717, 1.165) is 44.8 Å². The fourth-order valence-electron chi connectivity index (χ4n) is 2.48. The average Bonchev–Trinajstić information content (AvgIpc) is 2.37. The summed E-state index contributed by atoms with van der Waals surface area (Å²) in [5, 5.41) is 10.3. The van der Waals surface area contributed by atoms with Gasteiger partial charge in [0.15, 0.2) is 0 Å². The molecule has 0 bridgehead atoms. The van der Waals surface area contributed by atoms with Crippen LogP contribution in [0.15, 0.2) is 18.2 Å². The summed E-state index contributed by atoms with van der Waals surface area (Å²) >= 11 is 0. The van der Waals surface area contributed by atoms with Gasteiger partial charge >= 0.3 is 0 Å². The maximum absolute atomic E-state index is 10.3. The summed E-state index contributed by atoms with van der Waals surface area (Å²) in [6, 6.07) is 6.25. The van der Waals surface area contributed by atoms with E-state index in [-0.39, 0.29) is 18.5 Å². The molecule has 1 heterocycles. The maximum atomic E-state index is 10.3. The normalized spacial score (nSPS) is 17.8. The van der Waals surface area contributed by atoms with Crippen LogP contribution in [-0.2, 0) is 4.74 Å². The second-order valence-corrected chi connectivity index (χ2v) is 5.12. The SMILES string of the molecule is Cc1ccc(C(O)CCN2CCOCC2)c(C)c1.Cl. The highest BCUT2D eigenvalue weighted by Crippen LogP contribution is 2.22. The van der Waals surface area contributed by atoms with Crippen LogP contribution >= 0.6 is 12.4 Å². The van der Waals surface area contributed by atoms with Crippen molar-refractivity contribution in [1.82, 2.24) is 4.90 Å². The van der Waals surface area contributed by atoms with Gasteiger partial charge in [-0.25, -0.2) is 0 Å². The Kier molecular flexibility index (Phi) is 6.80. The highest BCUT2D eigenvalue weighted by molar-refractivity contribution is 5.85. The van der Waals surface area contributed by atoms with E-state index < -0.39 is 0 Å². The van der Waals surface area contributed by atoms with Gasteiger partial charge in [0.1, 0.15) is 0 Å². The molecule has 0 amide bonds. The molecule has 0 radical (unpaired) electrons. The van der Waals surface area contributed by atoms with Gasteiger partial charge in [0.05, 0.1) is 19.3 Å². The molecule has 0 spiro atoms. The molecule has 2 rings (SSSR count). The summed E-state index contributed by atoms with van der Waals surface area (Å²) in [6.45, 7) is 8.70. The molecule has 0 aliphatic carbocycles. The van der Waals surface area contributed by atoms with Crippen molar-refractivity contribution in [1.29, 1.82) is 0 Å². The van der Waals surface area contributed by atoms with E-state index in [0.29, 0.717) is 0 Å². The van der Waals surface area contributed by atoms with Gasteiger partial charge in [-0.15, -0.1) is 12.4 Å². The van der Waals surface area contributed by atoms with Crippen molar-refractivity contribution in [3.8, 4) is 0 Å². The Balaban J connectivity index is 0.00000180. The molecule has 1 aromatic carbocycles. The van der Waals surface area contributed by atoms with Crippen LogP contribution in [0.2, 0.25) is 0 Å². The van der Waals surface area contributed by atoms with Crippen molar-refractivity contribution in [2.24, 2.45) is 0 Å². The van der Waals surface area contributed by atoms with Crippen LogP contribution in [0.25, 0.3) is 0 Å². The zero-order chi connectivity index (χ0) is 13.0. The summed E-state index contributed by atoms with van der Waals surface area (Å²) in [7, 11) is 0. The number of morpholine rings is 1. The van der Waals surface area contributed by atoms with Crippen LogP contribution in [-0.4, -0.2) is 42.9 Å². The number of hydrogen-bond acceptors (Lipinski definition) is 3. The van der Waals surface area contributed by atoms with E-state index in [4.69, 9.17) is 4.74 Å². The van der Waals surface area contributed by atoms with Gasteiger partial charge in [-0.1, -0.05) is 23.8 Å². The minimum Gasteiger partial charge on any atom is -0.388 e. The number of aryl methyl sites for hydroxylation is 2. The molecular weight excluding hydrogens is 262 g/mol. The quantitative estimate of drug-likeness (QED) is 0.922. The van der Waals surface area contributed by atoms with Crippen LogP contribution in [0.4, 0.5) is 0 Å². The summed E-state index contributed by atoms with van der Waals surface area (Å²) in [6.07, 6.45) is 0.442. The zero-order valence-corrected chi connectivity index (χ0v) is 12.6. The molecule has 1 atom stereocenters. The van der Waals surface area contributed by atoms with Crippen LogP contribution in [0, 0.1) is 13.8 Å². The Morgan fingerprint density at radius 2 is 1.95 bits per heavy atom. The molecule has 3 nitrogen and oxygen atoms in total. The lowest BCUT2D eigenvalue weighted by molar-refractivity contribution is 0.0300.